The van der Waals surface area contributed by atoms with Gasteiger partial charge in [-0.25, -0.2) is 9.78 Å². The number of carbonyl (C=O) groups is 1. The standard InChI is InChI=1S/C16H15N3O3S/c1-2-22-15(21)12-10-14(20)19-16(17-12)23-13(18-19)9-8-11-6-4-3-5-7-11/h3-7,10H,2,8-9H2,1H3. The molecule has 0 N–H and O–H groups in total. The molecule has 7 heteroatoms. The summed E-state index contributed by atoms with van der Waals surface area (Å²) in [6, 6.07) is 11.2. The van der Waals surface area contributed by atoms with Crippen LogP contribution in [0.25, 0.3) is 4.96 Å². The maximum Gasteiger partial charge on any atom is 0.357 e. The minimum atomic E-state index is -0.591. The highest BCUT2D eigenvalue weighted by Crippen LogP contribution is 2.14. The Morgan fingerprint density at radius 2 is 2.04 bits per heavy atom. The van der Waals surface area contributed by atoms with Gasteiger partial charge in [-0.15, -0.1) is 0 Å². The van der Waals surface area contributed by atoms with E-state index in [4.69, 9.17) is 4.74 Å². The lowest BCUT2D eigenvalue weighted by Gasteiger charge is -1.99. The molecule has 0 amide bonds. The Balaban J connectivity index is 1.85. The van der Waals surface area contributed by atoms with Crippen LogP contribution in [0.3, 0.4) is 0 Å². The van der Waals surface area contributed by atoms with Crippen LogP contribution in [0, 0.1) is 0 Å². The van der Waals surface area contributed by atoms with Crippen molar-refractivity contribution in [1.82, 2.24) is 14.6 Å². The van der Waals surface area contributed by atoms with Crippen LogP contribution < -0.4 is 5.56 Å². The van der Waals surface area contributed by atoms with Crippen molar-refractivity contribution >= 4 is 22.3 Å². The summed E-state index contributed by atoms with van der Waals surface area (Å²) >= 11 is 1.31. The zero-order valence-electron chi connectivity index (χ0n) is 12.6. The van der Waals surface area contributed by atoms with Crippen molar-refractivity contribution in [3.8, 4) is 0 Å². The number of aromatic nitrogens is 3. The van der Waals surface area contributed by atoms with Crippen molar-refractivity contribution in [3.63, 3.8) is 0 Å². The van der Waals surface area contributed by atoms with Crippen LogP contribution in [0.4, 0.5) is 0 Å². The average molecular weight is 329 g/mol. The van der Waals surface area contributed by atoms with Crippen molar-refractivity contribution in [2.75, 3.05) is 6.61 Å². The highest BCUT2D eigenvalue weighted by Gasteiger charge is 2.14. The number of benzene rings is 1. The van der Waals surface area contributed by atoms with Crippen LogP contribution in [0.5, 0.6) is 0 Å². The van der Waals surface area contributed by atoms with Gasteiger partial charge in [0.2, 0.25) is 4.96 Å². The van der Waals surface area contributed by atoms with E-state index in [-0.39, 0.29) is 17.9 Å². The molecule has 0 aliphatic carbocycles. The van der Waals surface area contributed by atoms with Crippen molar-refractivity contribution < 1.29 is 9.53 Å². The quantitative estimate of drug-likeness (QED) is 0.670. The fourth-order valence-corrected chi connectivity index (χ4v) is 3.06. The van der Waals surface area contributed by atoms with E-state index < -0.39 is 5.97 Å². The van der Waals surface area contributed by atoms with E-state index in [1.54, 1.807) is 6.92 Å². The average Bonchev–Trinajstić information content (AvgIpc) is 2.98. The fraction of sp³-hybridized carbons (Fsp3) is 0.250. The van der Waals surface area contributed by atoms with Crippen LogP contribution in [-0.4, -0.2) is 27.2 Å². The summed E-state index contributed by atoms with van der Waals surface area (Å²) in [7, 11) is 0. The van der Waals surface area contributed by atoms with Gasteiger partial charge in [0.1, 0.15) is 5.01 Å². The normalized spacial score (nSPS) is 10.8. The van der Waals surface area contributed by atoms with Crippen LogP contribution in [0.15, 0.2) is 41.2 Å². The molecule has 0 aliphatic rings. The third-order valence-corrected chi connectivity index (χ3v) is 4.21. The Kier molecular flexibility index (Phi) is 4.47. The molecule has 6 nitrogen and oxygen atoms in total. The predicted octanol–water partition coefficient (Wildman–Crippen LogP) is 2.11. The molecule has 0 fully saturated rings. The van der Waals surface area contributed by atoms with E-state index in [2.05, 4.69) is 22.2 Å². The van der Waals surface area contributed by atoms with Crippen LogP contribution in [0.2, 0.25) is 0 Å². The topological polar surface area (TPSA) is 73.6 Å². The molecule has 0 atom stereocenters. The van der Waals surface area contributed by atoms with Gasteiger partial charge in [0.05, 0.1) is 6.61 Å². The number of hydrogen-bond donors (Lipinski definition) is 0. The molecule has 0 spiro atoms. The Morgan fingerprint density at radius 3 is 2.78 bits per heavy atom. The first kappa shape index (κ1) is 15.4. The molecule has 2 heterocycles. The third-order valence-electron chi connectivity index (χ3n) is 3.24. The Hall–Kier alpha value is -2.54. The second-order valence-electron chi connectivity index (χ2n) is 4.88. The van der Waals surface area contributed by atoms with E-state index in [1.807, 2.05) is 18.2 Å². The number of esters is 1. The number of nitrogens with zero attached hydrogens (tertiary/aromatic N) is 3. The Bertz CT molecular complexity index is 886. The lowest BCUT2D eigenvalue weighted by Crippen LogP contribution is -2.18. The van der Waals surface area contributed by atoms with E-state index in [0.717, 1.165) is 17.5 Å². The van der Waals surface area contributed by atoms with Gasteiger partial charge in [-0.05, 0) is 18.9 Å². The lowest BCUT2D eigenvalue weighted by atomic mass is 10.1. The van der Waals surface area contributed by atoms with Crippen LogP contribution >= 0.6 is 11.3 Å². The number of rotatable bonds is 5. The smallest absolute Gasteiger partial charge is 0.357 e. The van der Waals surface area contributed by atoms with Gasteiger partial charge in [0.15, 0.2) is 5.69 Å². The first-order valence-electron chi connectivity index (χ1n) is 7.28. The van der Waals surface area contributed by atoms with Gasteiger partial charge >= 0.3 is 5.97 Å². The van der Waals surface area contributed by atoms with Gasteiger partial charge < -0.3 is 4.74 Å². The fourth-order valence-electron chi connectivity index (χ4n) is 2.16. The first-order valence-corrected chi connectivity index (χ1v) is 8.10. The first-order chi connectivity index (χ1) is 11.2. The third kappa shape index (κ3) is 3.45. The molecule has 118 valence electrons. The summed E-state index contributed by atoms with van der Waals surface area (Å²) in [5.41, 5.74) is 0.856. The molecule has 0 saturated carbocycles. The van der Waals surface area contributed by atoms with Crippen molar-refractivity contribution in [1.29, 1.82) is 0 Å². The van der Waals surface area contributed by atoms with Gasteiger partial charge in [-0.3, -0.25) is 4.79 Å². The van der Waals surface area contributed by atoms with Crippen LogP contribution in [-0.2, 0) is 17.6 Å². The van der Waals surface area contributed by atoms with Gasteiger partial charge in [-0.1, -0.05) is 41.7 Å². The molecular weight excluding hydrogens is 314 g/mol. The molecule has 0 aliphatic heterocycles. The number of carbonyl (C=O) groups excluding carboxylic acids is 1. The molecule has 0 unspecified atom stereocenters. The summed E-state index contributed by atoms with van der Waals surface area (Å²) in [5.74, 6) is -0.591. The second kappa shape index (κ2) is 6.70. The summed E-state index contributed by atoms with van der Waals surface area (Å²) in [6.45, 7) is 1.95. The lowest BCUT2D eigenvalue weighted by molar-refractivity contribution is 0.0519. The van der Waals surface area contributed by atoms with Crippen molar-refractivity contribution in [3.05, 3.63) is 63.0 Å². The number of fused-ring (bicyclic) bond motifs is 1. The molecule has 0 saturated heterocycles. The summed E-state index contributed by atoms with van der Waals surface area (Å²) in [4.78, 5) is 28.3. The Labute approximate surface area is 136 Å². The summed E-state index contributed by atoms with van der Waals surface area (Å²) < 4.78 is 6.11. The zero-order chi connectivity index (χ0) is 16.2. The number of ether oxygens (including phenoxy) is 1. The van der Waals surface area contributed by atoms with E-state index >= 15 is 0 Å². The van der Waals surface area contributed by atoms with Crippen molar-refractivity contribution in [2.45, 2.75) is 19.8 Å². The SMILES string of the molecule is CCOC(=O)c1cc(=O)n2nc(CCc3ccccc3)sc2n1. The van der Waals surface area contributed by atoms with Gasteiger partial charge in [0, 0.05) is 12.5 Å². The van der Waals surface area contributed by atoms with Crippen molar-refractivity contribution in [2.24, 2.45) is 0 Å². The number of hydrogen-bond acceptors (Lipinski definition) is 6. The largest absolute Gasteiger partial charge is 0.461 e. The maximum atomic E-state index is 12.1. The molecule has 0 bridgehead atoms. The highest BCUT2D eigenvalue weighted by molar-refractivity contribution is 7.16. The monoisotopic (exact) mass is 329 g/mol. The molecule has 3 rings (SSSR count). The molecule has 1 aromatic carbocycles. The molecular formula is C16H15N3O3S. The molecule has 3 aromatic rings. The van der Waals surface area contributed by atoms with Gasteiger partial charge in [-0.2, -0.15) is 9.61 Å². The minimum absolute atomic E-state index is 0.0232. The Morgan fingerprint density at radius 1 is 1.26 bits per heavy atom. The number of aryl methyl sites for hydroxylation is 2. The van der Waals surface area contributed by atoms with E-state index in [1.165, 1.54) is 21.4 Å². The van der Waals surface area contributed by atoms with E-state index in [9.17, 15) is 9.59 Å². The summed E-state index contributed by atoms with van der Waals surface area (Å²) in [6.07, 6.45) is 1.55. The molecule has 23 heavy (non-hydrogen) atoms. The minimum Gasteiger partial charge on any atom is -0.461 e. The predicted molar refractivity (Wildman–Crippen MR) is 86.9 cm³/mol. The van der Waals surface area contributed by atoms with Gasteiger partial charge in [0.25, 0.3) is 5.56 Å². The second-order valence-corrected chi connectivity index (χ2v) is 5.92. The summed E-state index contributed by atoms with van der Waals surface area (Å²) in [5, 5.41) is 5.09. The highest BCUT2D eigenvalue weighted by atomic mass is 32.1. The zero-order valence-corrected chi connectivity index (χ0v) is 13.4. The molecule has 0 radical (unpaired) electrons. The van der Waals surface area contributed by atoms with E-state index in [0.29, 0.717) is 11.4 Å². The maximum absolute atomic E-state index is 12.1. The molecule has 2 aromatic heterocycles. The van der Waals surface area contributed by atoms with Crippen LogP contribution in [0.1, 0.15) is 28.0 Å².